The van der Waals surface area contributed by atoms with E-state index in [1.54, 1.807) is 0 Å². The third-order valence-electron chi connectivity index (χ3n) is 3.27. The Morgan fingerprint density at radius 2 is 2.12 bits per heavy atom. The molecule has 2 rings (SSSR count). The molecular formula is C13H21N3O. The van der Waals surface area contributed by atoms with Crippen molar-refractivity contribution >= 4 is 5.82 Å². The summed E-state index contributed by atoms with van der Waals surface area (Å²) in [5.74, 6) is 2.00. The molecule has 94 valence electrons. The lowest BCUT2D eigenvalue weighted by molar-refractivity contribution is -0.0202. The molecule has 4 heteroatoms. The van der Waals surface area contributed by atoms with E-state index in [-0.39, 0.29) is 0 Å². The van der Waals surface area contributed by atoms with Crippen molar-refractivity contribution in [3.05, 3.63) is 17.6 Å². The predicted octanol–water partition coefficient (Wildman–Crippen LogP) is 2.24. The standard InChI is InChI=1S/C13H21N3O/c1-9(2)12-15-10(3)7-11(16-12)14-8-13(17)5-4-6-13/h7,9,17H,4-6,8H2,1-3H3,(H,14,15,16). The Hall–Kier alpha value is -1.16. The van der Waals surface area contributed by atoms with Crippen molar-refractivity contribution in [2.75, 3.05) is 11.9 Å². The molecule has 0 saturated heterocycles. The van der Waals surface area contributed by atoms with Gasteiger partial charge in [-0.25, -0.2) is 9.97 Å². The number of aliphatic hydroxyl groups is 1. The van der Waals surface area contributed by atoms with Crippen molar-refractivity contribution in [2.45, 2.75) is 51.6 Å². The highest BCUT2D eigenvalue weighted by atomic mass is 16.3. The van der Waals surface area contributed by atoms with E-state index in [9.17, 15) is 5.11 Å². The Morgan fingerprint density at radius 3 is 2.65 bits per heavy atom. The minimum Gasteiger partial charge on any atom is -0.388 e. The van der Waals surface area contributed by atoms with Gasteiger partial charge in [-0.1, -0.05) is 13.8 Å². The molecule has 1 saturated carbocycles. The van der Waals surface area contributed by atoms with Gasteiger partial charge >= 0.3 is 0 Å². The molecular weight excluding hydrogens is 214 g/mol. The van der Waals surface area contributed by atoms with Crippen LogP contribution in [0.5, 0.6) is 0 Å². The lowest BCUT2D eigenvalue weighted by Gasteiger charge is -2.36. The van der Waals surface area contributed by atoms with E-state index in [2.05, 4.69) is 29.1 Å². The molecule has 0 atom stereocenters. The van der Waals surface area contributed by atoms with E-state index in [0.29, 0.717) is 12.5 Å². The van der Waals surface area contributed by atoms with Gasteiger partial charge in [-0.15, -0.1) is 0 Å². The van der Waals surface area contributed by atoms with Gasteiger partial charge in [-0.2, -0.15) is 0 Å². The molecule has 0 radical (unpaired) electrons. The molecule has 2 N–H and O–H groups in total. The van der Waals surface area contributed by atoms with Crippen LogP contribution in [0.1, 0.15) is 50.5 Å². The summed E-state index contributed by atoms with van der Waals surface area (Å²) in [6.45, 7) is 6.72. The largest absolute Gasteiger partial charge is 0.388 e. The van der Waals surface area contributed by atoms with Gasteiger partial charge in [0.2, 0.25) is 0 Å². The van der Waals surface area contributed by atoms with Crippen LogP contribution in [0.3, 0.4) is 0 Å². The molecule has 0 spiro atoms. The molecule has 0 aliphatic heterocycles. The van der Waals surface area contributed by atoms with Crippen LogP contribution in [-0.2, 0) is 0 Å². The van der Waals surface area contributed by atoms with Gasteiger partial charge in [-0.05, 0) is 26.2 Å². The summed E-state index contributed by atoms with van der Waals surface area (Å²) in [6, 6.07) is 1.92. The molecule has 1 aromatic heterocycles. The van der Waals surface area contributed by atoms with Gasteiger partial charge in [0.25, 0.3) is 0 Å². The fourth-order valence-electron chi connectivity index (χ4n) is 1.96. The zero-order chi connectivity index (χ0) is 12.5. The summed E-state index contributed by atoms with van der Waals surface area (Å²) in [5, 5.41) is 13.2. The van der Waals surface area contributed by atoms with Crippen molar-refractivity contribution in [3.8, 4) is 0 Å². The summed E-state index contributed by atoms with van der Waals surface area (Å²) in [7, 11) is 0. The minimum atomic E-state index is -0.517. The molecule has 0 unspecified atom stereocenters. The molecule has 0 amide bonds. The molecule has 1 aliphatic carbocycles. The Labute approximate surface area is 102 Å². The Bertz CT molecular complexity index is 400. The smallest absolute Gasteiger partial charge is 0.133 e. The molecule has 4 nitrogen and oxygen atoms in total. The fraction of sp³-hybridized carbons (Fsp3) is 0.692. The number of rotatable bonds is 4. The van der Waals surface area contributed by atoms with Crippen LogP contribution in [0.4, 0.5) is 5.82 Å². The van der Waals surface area contributed by atoms with E-state index in [1.807, 2.05) is 13.0 Å². The van der Waals surface area contributed by atoms with E-state index in [1.165, 1.54) is 0 Å². The first-order valence-corrected chi connectivity index (χ1v) is 6.30. The van der Waals surface area contributed by atoms with Crippen LogP contribution in [0.15, 0.2) is 6.07 Å². The van der Waals surface area contributed by atoms with Crippen LogP contribution in [0, 0.1) is 6.92 Å². The van der Waals surface area contributed by atoms with Gasteiger partial charge in [0.15, 0.2) is 0 Å². The average Bonchev–Trinajstić information content (AvgIpc) is 2.23. The zero-order valence-electron chi connectivity index (χ0n) is 10.8. The first-order valence-electron chi connectivity index (χ1n) is 6.30. The van der Waals surface area contributed by atoms with Crippen LogP contribution in [0.25, 0.3) is 0 Å². The number of nitrogens with zero attached hydrogens (tertiary/aromatic N) is 2. The van der Waals surface area contributed by atoms with Gasteiger partial charge < -0.3 is 10.4 Å². The van der Waals surface area contributed by atoms with Crippen LogP contribution in [0.2, 0.25) is 0 Å². The first kappa shape index (κ1) is 12.3. The quantitative estimate of drug-likeness (QED) is 0.840. The lowest BCUT2D eigenvalue weighted by Crippen LogP contribution is -2.43. The first-order chi connectivity index (χ1) is 7.98. The molecule has 1 heterocycles. The van der Waals surface area contributed by atoms with Crippen molar-refractivity contribution in [1.29, 1.82) is 0 Å². The SMILES string of the molecule is Cc1cc(NCC2(O)CCC2)nc(C(C)C)n1. The number of aryl methyl sites for hydroxylation is 1. The second kappa shape index (κ2) is 4.61. The second-order valence-corrected chi connectivity index (χ2v) is 5.34. The van der Waals surface area contributed by atoms with Crippen molar-refractivity contribution < 1.29 is 5.11 Å². The summed E-state index contributed by atoms with van der Waals surface area (Å²) >= 11 is 0. The highest BCUT2D eigenvalue weighted by Crippen LogP contribution is 2.31. The van der Waals surface area contributed by atoms with Gasteiger partial charge in [0, 0.05) is 24.2 Å². The van der Waals surface area contributed by atoms with Gasteiger partial charge in [-0.3, -0.25) is 0 Å². The molecule has 1 aromatic rings. The van der Waals surface area contributed by atoms with Crippen molar-refractivity contribution in [1.82, 2.24) is 9.97 Å². The number of hydrogen-bond donors (Lipinski definition) is 2. The molecule has 0 aromatic carbocycles. The Kier molecular flexibility index (Phi) is 3.33. The molecule has 17 heavy (non-hydrogen) atoms. The number of nitrogens with one attached hydrogen (secondary N) is 1. The number of aromatic nitrogens is 2. The maximum atomic E-state index is 10.0. The van der Waals surface area contributed by atoms with Gasteiger partial charge in [0.1, 0.15) is 11.6 Å². The van der Waals surface area contributed by atoms with E-state index in [4.69, 9.17) is 0 Å². The highest BCUT2D eigenvalue weighted by Gasteiger charge is 2.34. The second-order valence-electron chi connectivity index (χ2n) is 5.34. The lowest BCUT2D eigenvalue weighted by atomic mass is 9.80. The Morgan fingerprint density at radius 1 is 1.41 bits per heavy atom. The van der Waals surface area contributed by atoms with Crippen molar-refractivity contribution in [2.24, 2.45) is 0 Å². The third kappa shape index (κ3) is 2.94. The maximum absolute atomic E-state index is 10.0. The highest BCUT2D eigenvalue weighted by molar-refractivity contribution is 5.36. The molecule has 1 aliphatic rings. The van der Waals surface area contributed by atoms with E-state index < -0.39 is 5.60 Å². The predicted molar refractivity (Wildman–Crippen MR) is 68.1 cm³/mol. The summed E-state index contributed by atoms with van der Waals surface area (Å²) in [6.07, 6.45) is 2.90. The van der Waals surface area contributed by atoms with Crippen LogP contribution in [-0.4, -0.2) is 27.2 Å². The topological polar surface area (TPSA) is 58.0 Å². The van der Waals surface area contributed by atoms with Crippen molar-refractivity contribution in [3.63, 3.8) is 0 Å². The third-order valence-corrected chi connectivity index (χ3v) is 3.27. The van der Waals surface area contributed by atoms with E-state index >= 15 is 0 Å². The Balaban J connectivity index is 2.04. The maximum Gasteiger partial charge on any atom is 0.133 e. The van der Waals surface area contributed by atoms with Crippen LogP contribution < -0.4 is 5.32 Å². The van der Waals surface area contributed by atoms with Gasteiger partial charge in [0.05, 0.1) is 5.60 Å². The van der Waals surface area contributed by atoms with Crippen LogP contribution >= 0.6 is 0 Å². The summed E-state index contributed by atoms with van der Waals surface area (Å²) in [4.78, 5) is 8.86. The van der Waals surface area contributed by atoms with E-state index in [0.717, 1.165) is 36.6 Å². The fourth-order valence-corrected chi connectivity index (χ4v) is 1.96. The number of hydrogen-bond acceptors (Lipinski definition) is 4. The molecule has 0 bridgehead atoms. The number of anilines is 1. The minimum absolute atomic E-state index is 0.322. The molecule has 1 fully saturated rings. The monoisotopic (exact) mass is 235 g/mol. The zero-order valence-corrected chi connectivity index (χ0v) is 10.8. The normalized spacial score (nSPS) is 17.9. The summed E-state index contributed by atoms with van der Waals surface area (Å²) < 4.78 is 0. The summed E-state index contributed by atoms with van der Waals surface area (Å²) in [5.41, 5.74) is 0.448. The average molecular weight is 235 g/mol.